The molecule has 3 rings (SSSR count). The van der Waals surface area contributed by atoms with Crippen LogP contribution in [0.4, 0.5) is 10.1 Å². The van der Waals surface area contributed by atoms with Crippen molar-refractivity contribution in [3.8, 4) is 10.7 Å². The number of halogens is 1. The smallest absolute Gasteiger partial charge is 0.153 e. The summed E-state index contributed by atoms with van der Waals surface area (Å²) in [4.78, 5) is 5.54. The molecule has 2 N–H and O–H groups in total. The highest BCUT2D eigenvalue weighted by Gasteiger charge is 2.18. The van der Waals surface area contributed by atoms with Crippen LogP contribution in [0.15, 0.2) is 29.6 Å². The number of nitrogens with two attached hydrogens (primary N) is 1. The molecule has 19 heavy (non-hydrogen) atoms. The normalized spacial score (nSPS) is 11.6. The molecular weight excluding hydrogens is 261 g/mol. The van der Waals surface area contributed by atoms with Gasteiger partial charge in [0.05, 0.1) is 21.6 Å². The van der Waals surface area contributed by atoms with E-state index in [0.717, 1.165) is 21.7 Å². The Morgan fingerprint density at radius 2 is 2.11 bits per heavy atom. The number of hydrogen-bond donors (Lipinski definition) is 1. The van der Waals surface area contributed by atoms with Crippen molar-refractivity contribution in [1.82, 2.24) is 9.55 Å². The fourth-order valence-corrected chi connectivity index (χ4v) is 3.05. The average Bonchev–Trinajstić information content (AvgIpc) is 2.91. The molecule has 98 valence electrons. The maximum absolute atomic E-state index is 13.4. The van der Waals surface area contributed by atoms with E-state index in [9.17, 15) is 4.39 Å². The van der Waals surface area contributed by atoms with Crippen molar-refractivity contribution in [3.05, 3.63) is 35.5 Å². The number of anilines is 1. The average molecular weight is 275 g/mol. The van der Waals surface area contributed by atoms with E-state index in [4.69, 9.17) is 5.73 Å². The first-order chi connectivity index (χ1) is 9.08. The summed E-state index contributed by atoms with van der Waals surface area (Å²) < 4.78 is 15.5. The Morgan fingerprint density at radius 1 is 1.32 bits per heavy atom. The molecule has 0 atom stereocenters. The Kier molecular flexibility index (Phi) is 2.78. The number of rotatable bonds is 2. The zero-order chi connectivity index (χ0) is 13.6. The third kappa shape index (κ3) is 1.90. The van der Waals surface area contributed by atoms with Crippen molar-refractivity contribution in [2.24, 2.45) is 0 Å². The van der Waals surface area contributed by atoms with Gasteiger partial charge in [-0.25, -0.2) is 9.37 Å². The van der Waals surface area contributed by atoms with E-state index >= 15 is 0 Å². The van der Waals surface area contributed by atoms with Crippen molar-refractivity contribution in [2.45, 2.75) is 19.9 Å². The van der Waals surface area contributed by atoms with E-state index in [1.807, 2.05) is 16.0 Å². The lowest BCUT2D eigenvalue weighted by Gasteiger charge is -2.12. The van der Waals surface area contributed by atoms with Crippen molar-refractivity contribution in [3.63, 3.8) is 0 Å². The van der Waals surface area contributed by atoms with Crippen molar-refractivity contribution in [2.75, 3.05) is 5.73 Å². The number of benzene rings is 1. The van der Waals surface area contributed by atoms with Gasteiger partial charge >= 0.3 is 0 Å². The standard InChI is InChI=1S/C14H14FN3S/c1-8(2)18-12-7-9(15)3-4-11(12)17-14(18)13-10(16)5-6-19-13/h3-8H,16H2,1-2H3. The highest BCUT2D eigenvalue weighted by atomic mass is 32.1. The Balaban J connectivity index is 2.36. The van der Waals surface area contributed by atoms with E-state index in [-0.39, 0.29) is 11.9 Å². The van der Waals surface area contributed by atoms with Gasteiger partial charge in [0.25, 0.3) is 0 Å². The molecule has 0 saturated heterocycles. The minimum absolute atomic E-state index is 0.184. The number of aromatic nitrogens is 2. The Labute approximate surface area is 114 Å². The first kappa shape index (κ1) is 12.2. The van der Waals surface area contributed by atoms with Crippen molar-refractivity contribution < 1.29 is 4.39 Å². The molecule has 3 nitrogen and oxygen atoms in total. The summed E-state index contributed by atoms with van der Waals surface area (Å²) in [6.07, 6.45) is 0. The van der Waals surface area contributed by atoms with Crippen LogP contribution in [0.2, 0.25) is 0 Å². The van der Waals surface area contributed by atoms with E-state index in [1.54, 1.807) is 17.4 Å². The zero-order valence-electron chi connectivity index (χ0n) is 10.7. The summed E-state index contributed by atoms with van der Waals surface area (Å²) in [5, 5.41) is 1.94. The molecule has 0 radical (unpaired) electrons. The van der Waals surface area contributed by atoms with Gasteiger partial charge in [0.2, 0.25) is 0 Å². The minimum Gasteiger partial charge on any atom is -0.397 e. The number of imidazole rings is 1. The molecule has 0 aliphatic rings. The molecule has 0 unspecified atom stereocenters. The third-order valence-corrected chi connectivity index (χ3v) is 3.99. The number of hydrogen-bond acceptors (Lipinski definition) is 3. The molecule has 2 heterocycles. The molecule has 5 heteroatoms. The summed E-state index contributed by atoms with van der Waals surface area (Å²) >= 11 is 1.55. The van der Waals surface area contributed by atoms with Crippen LogP contribution >= 0.6 is 11.3 Å². The van der Waals surface area contributed by atoms with Gasteiger partial charge in [-0.2, -0.15) is 0 Å². The van der Waals surface area contributed by atoms with Crippen molar-refractivity contribution in [1.29, 1.82) is 0 Å². The van der Waals surface area contributed by atoms with Crippen LogP contribution in [0, 0.1) is 5.82 Å². The van der Waals surface area contributed by atoms with Crippen LogP contribution in [0.25, 0.3) is 21.7 Å². The molecule has 1 aromatic carbocycles. The monoisotopic (exact) mass is 275 g/mol. The lowest BCUT2D eigenvalue weighted by Crippen LogP contribution is -2.03. The summed E-state index contributed by atoms with van der Waals surface area (Å²) in [6, 6.07) is 6.71. The Morgan fingerprint density at radius 3 is 2.74 bits per heavy atom. The molecule has 0 aliphatic carbocycles. The zero-order valence-corrected chi connectivity index (χ0v) is 11.5. The van der Waals surface area contributed by atoms with Crippen LogP contribution in [0.3, 0.4) is 0 Å². The maximum atomic E-state index is 13.4. The Hall–Kier alpha value is -1.88. The third-order valence-electron chi connectivity index (χ3n) is 3.07. The van der Waals surface area contributed by atoms with E-state index in [0.29, 0.717) is 5.69 Å². The first-order valence-corrected chi connectivity index (χ1v) is 6.96. The number of fused-ring (bicyclic) bond motifs is 1. The number of nitrogen functional groups attached to an aromatic ring is 1. The first-order valence-electron chi connectivity index (χ1n) is 6.08. The quantitative estimate of drug-likeness (QED) is 0.766. The van der Waals surface area contributed by atoms with Gasteiger partial charge in [-0.3, -0.25) is 0 Å². The SMILES string of the molecule is CC(C)n1c(-c2sccc2N)nc2ccc(F)cc21. The van der Waals surface area contributed by atoms with Crippen molar-refractivity contribution >= 4 is 28.1 Å². The predicted octanol–water partition coefficient (Wildman–Crippen LogP) is 4.07. The molecule has 0 spiro atoms. The molecule has 0 fully saturated rings. The molecule has 0 amide bonds. The predicted molar refractivity (Wildman–Crippen MR) is 77.8 cm³/mol. The second-order valence-electron chi connectivity index (χ2n) is 4.74. The van der Waals surface area contributed by atoms with Crippen LogP contribution < -0.4 is 5.73 Å². The van der Waals surface area contributed by atoms with Gasteiger partial charge in [-0.05, 0) is 43.5 Å². The summed E-state index contributed by atoms with van der Waals surface area (Å²) in [6.45, 7) is 4.11. The van der Waals surface area contributed by atoms with E-state index < -0.39 is 0 Å². The molecule has 0 saturated carbocycles. The largest absolute Gasteiger partial charge is 0.397 e. The lowest BCUT2D eigenvalue weighted by atomic mass is 10.3. The van der Waals surface area contributed by atoms with Crippen LogP contribution in [0.5, 0.6) is 0 Å². The minimum atomic E-state index is -0.250. The maximum Gasteiger partial charge on any atom is 0.153 e. The lowest BCUT2D eigenvalue weighted by molar-refractivity contribution is 0.613. The highest BCUT2D eigenvalue weighted by molar-refractivity contribution is 7.14. The summed E-state index contributed by atoms with van der Waals surface area (Å²) in [5.74, 6) is 0.558. The molecule has 3 aromatic rings. The Bertz CT molecular complexity index is 742. The van der Waals surface area contributed by atoms with Gasteiger partial charge < -0.3 is 10.3 Å². The second-order valence-corrected chi connectivity index (χ2v) is 5.65. The summed E-state index contributed by atoms with van der Waals surface area (Å²) in [5.41, 5.74) is 8.28. The van der Waals surface area contributed by atoms with E-state index in [2.05, 4.69) is 18.8 Å². The van der Waals surface area contributed by atoms with Gasteiger partial charge in [-0.15, -0.1) is 11.3 Å². The highest BCUT2D eigenvalue weighted by Crippen LogP contribution is 2.35. The molecule has 0 aliphatic heterocycles. The van der Waals surface area contributed by atoms with Crippen LogP contribution in [-0.2, 0) is 0 Å². The van der Waals surface area contributed by atoms with Gasteiger partial charge in [0, 0.05) is 6.04 Å². The number of nitrogens with zero attached hydrogens (tertiary/aromatic N) is 2. The molecular formula is C14H14FN3S. The van der Waals surface area contributed by atoms with Gasteiger partial charge in [-0.1, -0.05) is 0 Å². The second kappa shape index (κ2) is 4.35. The van der Waals surface area contributed by atoms with E-state index in [1.165, 1.54) is 12.1 Å². The van der Waals surface area contributed by atoms with Crippen LogP contribution in [-0.4, -0.2) is 9.55 Å². The molecule has 0 bridgehead atoms. The fourth-order valence-electron chi connectivity index (χ4n) is 2.25. The van der Waals surface area contributed by atoms with Gasteiger partial charge in [0.15, 0.2) is 5.82 Å². The van der Waals surface area contributed by atoms with Crippen LogP contribution in [0.1, 0.15) is 19.9 Å². The number of thiophene rings is 1. The fraction of sp³-hybridized carbons (Fsp3) is 0.214. The molecule has 2 aromatic heterocycles. The van der Waals surface area contributed by atoms with Gasteiger partial charge in [0.1, 0.15) is 5.82 Å². The topological polar surface area (TPSA) is 43.8 Å². The summed E-state index contributed by atoms with van der Waals surface area (Å²) in [7, 11) is 0.